The van der Waals surface area contributed by atoms with Gasteiger partial charge in [-0.05, 0) is 19.1 Å². The number of imidazole rings is 1. The molecule has 6 heteroatoms. The Bertz CT molecular complexity index is 714. The van der Waals surface area contributed by atoms with Crippen LogP contribution in [0, 0.1) is 12.3 Å². The number of carbonyl (C=O) groups is 2. The van der Waals surface area contributed by atoms with Gasteiger partial charge in [0.05, 0.1) is 23.9 Å². The van der Waals surface area contributed by atoms with Crippen LogP contribution in [0.5, 0.6) is 0 Å². The number of hydrogen-bond acceptors (Lipinski definition) is 3. The highest BCUT2D eigenvalue weighted by Crippen LogP contribution is 2.18. The third-order valence-corrected chi connectivity index (χ3v) is 3.18. The lowest BCUT2D eigenvalue weighted by molar-refractivity contribution is -0.145. The maximum Gasteiger partial charge on any atom is 0.323 e. The Balaban J connectivity index is 2.29. The van der Waals surface area contributed by atoms with Gasteiger partial charge in [-0.1, -0.05) is 18.1 Å². The van der Waals surface area contributed by atoms with E-state index in [-0.39, 0.29) is 12.5 Å². The van der Waals surface area contributed by atoms with Crippen LogP contribution in [0.2, 0.25) is 0 Å². The van der Waals surface area contributed by atoms with E-state index in [1.165, 1.54) is 0 Å². The molecule has 1 heterocycles. The monoisotopic (exact) mass is 285 g/mol. The van der Waals surface area contributed by atoms with E-state index in [0.29, 0.717) is 0 Å². The molecule has 1 N–H and O–H groups in total. The number of carboxylic acid groups (broad SMARTS) is 1. The van der Waals surface area contributed by atoms with Crippen LogP contribution in [0.25, 0.3) is 11.0 Å². The molecule has 0 fully saturated rings. The van der Waals surface area contributed by atoms with Gasteiger partial charge in [-0.3, -0.25) is 9.59 Å². The molecular weight excluding hydrogens is 270 g/mol. The van der Waals surface area contributed by atoms with Crippen LogP contribution in [-0.2, 0) is 9.59 Å². The summed E-state index contributed by atoms with van der Waals surface area (Å²) in [5.74, 6) is 0.864. The smallest absolute Gasteiger partial charge is 0.323 e. The number of rotatable bonds is 5. The van der Waals surface area contributed by atoms with Gasteiger partial charge < -0.3 is 14.6 Å². The number of aliphatic carboxylic acids is 1. The predicted molar refractivity (Wildman–Crippen MR) is 77.5 cm³/mol. The normalized spacial score (nSPS) is 11.8. The van der Waals surface area contributed by atoms with Gasteiger partial charge in [0, 0.05) is 0 Å². The van der Waals surface area contributed by atoms with Gasteiger partial charge in [-0.2, -0.15) is 0 Å². The second-order valence-corrected chi connectivity index (χ2v) is 4.61. The molecule has 1 unspecified atom stereocenters. The lowest BCUT2D eigenvalue weighted by atomic mass is 10.2. The topological polar surface area (TPSA) is 75.4 Å². The molecule has 0 saturated carbocycles. The first-order valence-corrected chi connectivity index (χ1v) is 6.40. The van der Waals surface area contributed by atoms with Crippen LogP contribution in [-0.4, -0.2) is 44.5 Å². The average Bonchev–Trinajstić information content (AvgIpc) is 2.88. The van der Waals surface area contributed by atoms with Gasteiger partial charge >= 0.3 is 5.97 Å². The largest absolute Gasteiger partial charge is 0.480 e. The maximum absolute atomic E-state index is 12.4. The SMILES string of the molecule is C#CCN(CC(=O)O)C(=O)C(C)n1cnc2ccccc21. The maximum atomic E-state index is 12.4. The van der Waals surface area contributed by atoms with Gasteiger partial charge in [0.15, 0.2) is 0 Å². The molecule has 1 atom stereocenters. The summed E-state index contributed by atoms with van der Waals surface area (Å²) in [7, 11) is 0. The van der Waals surface area contributed by atoms with E-state index in [0.717, 1.165) is 15.9 Å². The Morgan fingerprint density at radius 1 is 1.48 bits per heavy atom. The molecule has 21 heavy (non-hydrogen) atoms. The molecule has 1 aromatic heterocycles. The molecule has 0 bridgehead atoms. The van der Waals surface area contributed by atoms with Gasteiger partial charge in [-0.15, -0.1) is 6.42 Å². The van der Waals surface area contributed by atoms with Crippen molar-refractivity contribution in [1.82, 2.24) is 14.5 Å². The molecule has 0 aliphatic carbocycles. The minimum absolute atomic E-state index is 0.0396. The fraction of sp³-hybridized carbons (Fsp3) is 0.267. The molecule has 108 valence electrons. The number of para-hydroxylation sites is 2. The lowest BCUT2D eigenvalue weighted by Gasteiger charge is -2.23. The van der Waals surface area contributed by atoms with Crippen LogP contribution in [0.3, 0.4) is 0 Å². The summed E-state index contributed by atoms with van der Waals surface area (Å²) in [4.78, 5) is 28.6. The highest BCUT2D eigenvalue weighted by atomic mass is 16.4. The minimum Gasteiger partial charge on any atom is -0.480 e. The number of aromatic nitrogens is 2. The van der Waals surface area contributed by atoms with Gasteiger partial charge in [0.25, 0.3) is 0 Å². The van der Waals surface area contributed by atoms with Crippen molar-refractivity contribution in [2.24, 2.45) is 0 Å². The second-order valence-electron chi connectivity index (χ2n) is 4.61. The van der Waals surface area contributed by atoms with Crippen LogP contribution in [0.1, 0.15) is 13.0 Å². The average molecular weight is 285 g/mol. The number of hydrogen-bond donors (Lipinski definition) is 1. The van der Waals surface area contributed by atoms with Crippen molar-refractivity contribution in [3.8, 4) is 12.3 Å². The molecule has 0 aliphatic heterocycles. The van der Waals surface area contributed by atoms with Crippen LogP contribution >= 0.6 is 0 Å². The van der Waals surface area contributed by atoms with E-state index in [2.05, 4.69) is 10.9 Å². The van der Waals surface area contributed by atoms with Crippen molar-refractivity contribution in [2.75, 3.05) is 13.1 Å². The van der Waals surface area contributed by atoms with E-state index in [1.54, 1.807) is 17.8 Å². The number of carbonyl (C=O) groups excluding carboxylic acids is 1. The second kappa shape index (κ2) is 6.09. The van der Waals surface area contributed by atoms with Crippen molar-refractivity contribution in [3.05, 3.63) is 30.6 Å². The Labute approximate surface area is 122 Å². The Kier molecular flexibility index (Phi) is 4.24. The molecule has 2 aromatic rings. The van der Waals surface area contributed by atoms with Crippen LogP contribution < -0.4 is 0 Å². The molecule has 0 spiro atoms. The Hall–Kier alpha value is -2.81. The zero-order valence-electron chi connectivity index (χ0n) is 11.6. The first-order chi connectivity index (χ1) is 10.0. The number of benzene rings is 1. The standard InChI is InChI=1S/C15H15N3O3/c1-3-8-17(9-14(19)20)15(21)11(2)18-10-16-12-6-4-5-7-13(12)18/h1,4-7,10-11H,8-9H2,2H3,(H,19,20). The Morgan fingerprint density at radius 3 is 2.86 bits per heavy atom. The van der Waals surface area contributed by atoms with Crippen LogP contribution in [0.15, 0.2) is 30.6 Å². The third-order valence-electron chi connectivity index (χ3n) is 3.18. The molecular formula is C15H15N3O3. The fourth-order valence-electron chi connectivity index (χ4n) is 2.16. The fourth-order valence-corrected chi connectivity index (χ4v) is 2.16. The summed E-state index contributed by atoms with van der Waals surface area (Å²) >= 11 is 0. The zero-order chi connectivity index (χ0) is 15.4. The number of fused-ring (bicyclic) bond motifs is 1. The van der Waals surface area contributed by atoms with Crippen LogP contribution in [0.4, 0.5) is 0 Å². The number of terminal acetylenes is 1. The van der Waals surface area contributed by atoms with E-state index < -0.39 is 18.6 Å². The summed E-state index contributed by atoms with van der Waals surface area (Å²) in [6.45, 7) is 1.24. The molecule has 0 saturated heterocycles. The highest BCUT2D eigenvalue weighted by molar-refractivity contribution is 5.86. The summed E-state index contributed by atoms with van der Waals surface area (Å²) in [6, 6.07) is 6.84. The van der Waals surface area contributed by atoms with E-state index in [1.807, 2.05) is 24.3 Å². The van der Waals surface area contributed by atoms with E-state index in [4.69, 9.17) is 11.5 Å². The summed E-state index contributed by atoms with van der Waals surface area (Å²) in [6.07, 6.45) is 6.77. The van der Waals surface area contributed by atoms with Crippen molar-refractivity contribution < 1.29 is 14.7 Å². The highest BCUT2D eigenvalue weighted by Gasteiger charge is 2.24. The van der Waals surface area contributed by atoms with Crippen molar-refractivity contribution in [1.29, 1.82) is 0 Å². The number of amides is 1. The first kappa shape index (κ1) is 14.6. The molecule has 6 nitrogen and oxygen atoms in total. The number of nitrogens with zero attached hydrogens (tertiary/aromatic N) is 3. The van der Waals surface area contributed by atoms with Gasteiger partial charge in [0.2, 0.25) is 5.91 Å². The minimum atomic E-state index is -1.10. The van der Waals surface area contributed by atoms with Gasteiger partial charge in [-0.25, -0.2) is 4.98 Å². The van der Waals surface area contributed by atoms with Crippen molar-refractivity contribution >= 4 is 22.9 Å². The van der Waals surface area contributed by atoms with E-state index in [9.17, 15) is 9.59 Å². The first-order valence-electron chi connectivity index (χ1n) is 6.40. The summed E-state index contributed by atoms with van der Waals surface area (Å²) in [5, 5.41) is 8.86. The van der Waals surface area contributed by atoms with Gasteiger partial charge in [0.1, 0.15) is 12.6 Å². The lowest BCUT2D eigenvalue weighted by Crippen LogP contribution is -2.39. The Morgan fingerprint density at radius 2 is 2.19 bits per heavy atom. The van der Waals surface area contributed by atoms with Crippen molar-refractivity contribution in [2.45, 2.75) is 13.0 Å². The summed E-state index contributed by atoms with van der Waals surface area (Å²) < 4.78 is 1.71. The molecule has 2 rings (SSSR count). The molecule has 1 aromatic carbocycles. The van der Waals surface area contributed by atoms with Crippen molar-refractivity contribution in [3.63, 3.8) is 0 Å². The molecule has 1 amide bonds. The quantitative estimate of drug-likeness (QED) is 0.836. The molecule has 0 radical (unpaired) electrons. The number of carboxylic acids is 1. The third kappa shape index (κ3) is 3.03. The zero-order valence-corrected chi connectivity index (χ0v) is 11.6. The molecule has 0 aliphatic rings. The summed E-state index contributed by atoms with van der Waals surface area (Å²) in [5.41, 5.74) is 1.59. The van der Waals surface area contributed by atoms with E-state index >= 15 is 0 Å². The predicted octanol–water partition coefficient (Wildman–Crippen LogP) is 1.14.